The fraction of sp³-hybridized carbons (Fsp3) is 0.385. The van der Waals surface area contributed by atoms with Crippen LogP contribution >= 0.6 is 0 Å². The first-order valence-electron chi connectivity index (χ1n) is 6.27. The summed E-state index contributed by atoms with van der Waals surface area (Å²) in [6.45, 7) is 1.69. The maximum atomic E-state index is 9.21. The number of hydrogen-bond acceptors (Lipinski definition) is 4. The maximum Gasteiger partial charge on any atom is 0.152 e. The molecule has 1 aliphatic heterocycles. The second-order valence-corrected chi connectivity index (χ2v) is 4.54. The molecular weight excluding hydrogens is 228 g/mol. The van der Waals surface area contributed by atoms with Crippen LogP contribution in [-0.2, 0) is 19.5 Å². The molecule has 0 unspecified atom stereocenters. The van der Waals surface area contributed by atoms with Crippen molar-refractivity contribution in [2.45, 2.75) is 32.4 Å². The van der Waals surface area contributed by atoms with E-state index in [9.17, 15) is 5.11 Å². The molecule has 0 saturated heterocycles. The second kappa shape index (κ2) is 4.68. The number of benzene rings is 1. The molecule has 5 heteroatoms. The van der Waals surface area contributed by atoms with E-state index in [2.05, 4.69) is 20.1 Å². The van der Waals surface area contributed by atoms with E-state index >= 15 is 0 Å². The van der Waals surface area contributed by atoms with Gasteiger partial charge in [-0.05, 0) is 37.1 Å². The molecule has 0 atom stereocenters. The van der Waals surface area contributed by atoms with E-state index in [1.54, 1.807) is 12.1 Å². The average molecular weight is 244 g/mol. The number of phenolic OH excluding ortho intramolecular Hbond substituents is 1. The zero-order valence-corrected chi connectivity index (χ0v) is 10.1. The topological polar surface area (TPSA) is 63.0 Å². The maximum absolute atomic E-state index is 9.21. The lowest BCUT2D eigenvalue weighted by molar-refractivity contribution is 0.475. The highest BCUT2D eigenvalue weighted by Crippen LogP contribution is 2.17. The fourth-order valence-corrected chi connectivity index (χ4v) is 2.26. The second-order valence-electron chi connectivity index (χ2n) is 4.54. The van der Waals surface area contributed by atoms with Gasteiger partial charge < -0.3 is 15.0 Å². The van der Waals surface area contributed by atoms with Crippen molar-refractivity contribution in [1.82, 2.24) is 14.8 Å². The third kappa shape index (κ3) is 2.16. The predicted molar refractivity (Wildman–Crippen MR) is 68.4 cm³/mol. The van der Waals surface area contributed by atoms with Gasteiger partial charge in [0.15, 0.2) is 5.82 Å². The summed E-state index contributed by atoms with van der Waals surface area (Å²) in [5.41, 5.74) is 0.973. The van der Waals surface area contributed by atoms with Crippen LogP contribution in [0.5, 0.6) is 5.75 Å². The quantitative estimate of drug-likeness (QED) is 0.810. The summed E-state index contributed by atoms with van der Waals surface area (Å²) in [4.78, 5) is 0. The first-order valence-corrected chi connectivity index (χ1v) is 6.27. The van der Waals surface area contributed by atoms with E-state index in [-0.39, 0.29) is 5.75 Å². The van der Waals surface area contributed by atoms with Crippen LogP contribution in [0.3, 0.4) is 0 Å². The third-order valence-electron chi connectivity index (χ3n) is 3.25. The van der Waals surface area contributed by atoms with Gasteiger partial charge in [-0.15, -0.1) is 10.2 Å². The zero-order valence-electron chi connectivity index (χ0n) is 10.1. The molecule has 0 saturated carbocycles. The Balaban J connectivity index is 1.70. The van der Waals surface area contributed by atoms with Gasteiger partial charge >= 0.3 is 0 Å². The van der Waals surface area contributed by atoms with Crippen molar-refractivity contribution < 1.29 is 5.11 Å². The number of aryl methyl sites for hydroxylation is 1. The van der Waals surface area contributed by atoms with Gasteiger partial charge in [-0.3, -0.25) is 0 Å². The van der Waals surface area contributed by atoms with Crippen LogP contribution in [0.1, 0.15) is 24.5 Å². The van der Waals surface area contributed by atoms with Gasteiger partial charge in [0.2, 0.25) is 0 Å². The lowest BCUT2D eigenvalue weighted by Crippen LogP contribution is -2.15. The largest absolute Gasteiger partial charge is 0.508 e. The Morgan fingerprint density at radius 2 is 2.00 bits per heavy atom. The van der Waals surface area contributed by atoms with Crippen LogP contribution in [0.2, 0.25) is 0 Å². The van der Waals surface area contributed by atoms with Crippen molar-refractivity contribution in [3.63, 3.8) is 0 Å². The Kier molecular flexibility index (Phi) is 2.88. The van der Waals surface area contributed by atoms with Gasteiger partial charge in [-0.1, -0.05) is 0 Å². The predicted octanol–water partition coefficient (Wildman–Crippen LogP) is 1.93. The molecule has 2 N–H and O–H groups in total. The molecule has 1 aliphatic rings. The lowest BCUT2D eigenvalue weighted by Gasteiger charge is -2.15. The van der Waals surface area contributed by atoms with Crippen molar-refractivity contribution in [3.8, 4) is 5.75 Å². The van der Waals surface area contributed by atoms with Gasteiger partial charge in [0.1, 0.15) is 11.6 Å². The minimum absolute atomic E-state index is 0.278. The number of aromatic nitrogens is 3. The molecule has 0 amide bonds. The number of fused-ring (bicyclic) bond motifs is 1. The van der Waals surface area contributed by atoms with Crippen molar-refractivity contribution in [3.05, 3.63) is 35.9 Å². The zero-order chi connectivity index (χ0) is 12.4. The van der Waals surface area contributed by atoms with Gasteiger partial charge in [-0.2, -0.15) is 0 Å². The Morgan fingerprint density at radius 1 is 1.17 bits per heavy atom. The molecule has 2 heterocycles. The van der Waals surface area contributed by atoms with Gasteiger partial charge in [-0.25, -0.2) is 0 Å². The van der Waals surface area contributed by atoms with Gasteiger partial charge in [0.25, 0.3) is 0 Å². The molecule has 3 rings (SSSR count). The summed E-state index contributed by atoms with van der Waals surface area (Å²) in [5, 5.41) is 21.0. The van der Waals surface area contributed by atoms with Crippen molar-refractivity contribution in [2.24, 2.45) is 0 Å². The molecular formula is C13H16N4O. The number of rotatable bonds is 3. The minimum Gasteiger partial charge on any atom is -0.508 e. The van der Waals surface area contributed by atoms with Crippen molar-refractivity contribution in [2.75, 3.05) is 5.32 Å². The summed E-state index contributed by atoms with van der Waals surface area (Å²) >= 11 is 0. The molecule has 1 aromatic carbocycles. The van der Waals surface area contributed by atoms with E-state index in [0.717, 1.165) is 30.3 Å². The molecule has 18 heavy (non-hydrogen) atoms. The summed E-state index contributed by atoms with van der Waals surface area (Å²) < 4.78 is 2.21. The van der Waals surface area contributed by atoms with Crippen LogP contribution < -0.4 is 5.32 Å². The van der Waals surface area contributed by atoms with Gasteiger partial charge in [0.05, 0.1) is 6.54 Å². The Labute approximate surface area is 105 Å². The van der Waals surface area contributed by atoms with E-state index < -0.39 is 0 Å². The van der Waals surface area contributed by atoms with E-state index in [4.69, 9.17) is 0 Å². The van der Waals surface area contributed by atoms with Crippen LogP contribution in [0.25, 0.3) is 0 Å². The highest BCUT2D eigenvalue weighted by Gasteiger charge is 2.14. The Morgan fingerprint density at radius 3 is 2.83 bits per heavy atom. The molecule has 0 aliphatic carbocycles. The molecule has 0 fully saturated rings. The van der Waals surface area contributed by atoms with E-state index in [1.165, 1.54) is 12.8 Å². The first kappa shape index (κ1) is 11.1. The van der Waals surface area contributed by atoms with E-state index in [1.807, 2.05) is 12.1 Å². The van der Waals surface area contributed by atoms with Crippen LogP contribution in [0, 0.1) is 0 Å². The van der Waals surface area contributed by atoms with Crippen LogP contribution in [0.15, 0.2) is 24.3 Å². The highest BCUT2D eigenvalue weighted by molar-refractivity contribution is 5.45. The smallest absolute Gasteiger partial charge is 0.152 e. The number of hydrogen-bond donors (Lipinski definition) is 2. The molecule has 0 radical (unpaired) electrons. The van der Waals surface area contributed by atoms with E-state index in [0.29, 0.717) is 6.54 Å². The van der Waals surface area contributed by atoms with Crippen molar-refractivity contribution >= 4 is 5.69 Å². The molecule has 2 aromatic rings. The molecule has 0 bridgehead atoms. The number of phenols is 1. The first-order chi connectivity index (χ1) is 8.83. The summed E-state index contributed by atoms with van der Waals surface area (Å²) in [6, 6.07) is 7.04. The number of nitrogens with zero attached hydrogens (tertiary/aromatic N) is 3. The minimum atomic E-state index is 0.278. The average Bonchev–Trinajstić information content (AvgIpc) is 2.82. The number of anilines is 1. The number of aromatic hydroxyl groups is 1. The summed E-state index contributed by atoms with van der Waals surface area (Å²) in [5.74, 6) is 2.36. The Bertz CT molecular complexity index is 532. The third-order valence-corrected chi connectivity index (χ3v) is 3.25. The lowest BCUT2D eigenvalue weighted by atomic mass is 10.2. The summed E-state index contributed by atoms with van der Waals surface area (Å²) in [7, 11) is 0. The SMILES string of the molecule is Oc1ccc(NCc2nnc3n2CCCC3)cc1. The molecule has 1 aromatic heterocycles. The van der Waals surface area contributed by atoms with Crippen LogP contribution in [-0.4, -0.2) is 19.9 Å². The normalized spacial score (nSPS) is 14.2. The highest BCUT2D eigenvalue weighted by atomic mass is 16.3. The standard InChI is InChI=1S/C13H16N4O/c18-11-6-4-10(5-7-11)14-9-13-16-15-12-3-1-2-8-17(12)13/h4-7,14,18H,1-3,8-9H2. The molecule has 5 nitrogen and oxygen atoms in total. The van der Waals surface area contributed by atoms with Crippen molar-refractivity contribution in [1.29, 1.82) is 0 Å². The monoisotopic (exact) mass is 244 g/mol. The molecule has 0 spiro atoms. The van der Waals surface area contributed by atoms with Crippen LogP contribution in [0.4, 0.5) is 5.69 Å². The molecule has 94 valence electrons. The number of nitrogens with one attached hydrogen (secondary N) is 1. The Hall–Kier alpha value is -2.04. The fourth-order valence-electron chi connectivity index (χ4n) is 2.26. The van der Waals surface area contributed by atoms with Gasteiger partial charge in [0, 0.05) is 18.7 Å². The summed E-state index contributed by atoms with van der Waals surface area (Å²) in [6.07, 6.45) is 3.45.